The number of hydrogen-bond donors (Lipinski definition) is 1. The molecule has 1 nitrogen and oxygen atoms in total. The molecule has 0 heterocycles. The van der Waals surface area contributed by atoms with Crippen molar-refractivity contribution in [3.8, 4) is 0 Å². The molecule has 1 aromatic rings. The summed E-state index contributed by atoms with van der Waals surface area (Å²) < 4.78 is 0. The van der Waals surface area contributed by atoms with Gasteiger partial charge >= 0.3 is 0 Å². The van der Waals surface area contributed by atoms with E-state index in [4.69, 9.17) is 0 Å². The molecule has 1 heteroatoms. The third-order valence-corrected chi connectivity index (χ3v) is 3.01. The van der Waals surface area contributed by atoms with Crippen LogP contribution in [0.4, 0.5) is 0 Å². The number of aliphatic hydroxyl groups excluding tert-OH is 1. The predicted molar refractivity (Wildman–Crippen MR) is 58.5 cm³/mol. The third kappa shape index (κ3) is 2.16. The van der Waals surface area contributed by atoms with Gasteiger partial charge in [0.2, 0.25) is 0 Å². The summed E-state index contributed by atoms with van der Waals surface area (Å²) in [4.78, 5) is 0. The smallest absolute Gasteiger partial charge is 0.0515 e. The molecule has 1 aliphatic rings. The zero-order chi connectivity index (χ0) is 9.97. The minimum absolute atomic E-state index is 0.178. The summed E-state index contributed by atoms with van der Waals surface area (Å²) >= 11 is 0. The fraction of sp³-hybridized carbons (Fsp3) is 0.538. The van der Waals surface area contributed by atoms with E-state index in [-0.39, 0.29) is 6.10 Å². The van der Waals surface area contributed by atoms with Crippen LogP contribution in [0.2, 0.25) is 0 Å². The van der Waals surface area contributed by atoms with E-state index in [1.165, 1.54) is 36.0 Å². The molecule has 1 N–H and O–H groups in total. The lowest BCUT2D eigenvalue weighted by molar-refractivity contribution is 0.185. The Labute approximate surface area is 85.8 Å². The standard InChI is InChI=1S/C13H18O/c1-10(14)5-6-11-7-8-12-3-2-4-13(12)9-11/h7-10,14H,2-6H2,1H3/t10-/m1/s1. The zero-order valence-electron chi connectivity index (χ0n) is 8.79. The van der Waals surface area contributed by atoms with Crippen LogP contribution in [0, 0.1) is 0 Å². The highest BCUT2D eigenvalue weighted by atomic mass is 16.3. The quantitative estimate of drug-likeness (QED) is 0.776. The fourth-order valence-corrected chi connectivity index (χ4v) is 2.16. The van der Waals surface area contributed by atoms with E-state index >= 15 is 0 Å². The molecule has 0 aromatic heterocycles. The number of benzene rings is 1. The molecule has 0 amide bonds. The first-order valence-corrected chi connectivity index (χ1v) is 5.54. The van der Waals surface area contributed by atoms with Gasteiger partial charge in [0.15, 0.2) is 0 Å². The molecule has 76 valence electrons. The molecule has 0 saturated carbocycles. The van der Waals surface area contributed by atoms with Gasteiger partial charge in [-0.1, -0.05) is 18.2 Å². The zero-order valence-corrected chi connectivity index (χ0v) is 8.79. The van der Waals surface area contributed by atoms with Crippen molar-refractivity contribution in [3.05, 3.63) is 34.9 Å². The van der Waals surface area contributed by atoms with Gasteiger partial charge in [-0.15, -0.1) is 0 Å². The minimum Gasteiger partial charge on any atom is -0.393 e. The predicted octanol–water partition coefficient (Wildman–Crippen LogP) is 2.49. The molecule has 1 aromatic carbocycles. The van der Waals surface area contributed by atoms with Crippen LogP contribution in [0.3, 0.4) is 0 Å². The Morgan fingerprint density at radius 2 is 2.07 bits per heavy atom. The second-order valence-electron chi connectivity index (χ2n) is 4.34. The van der Waals surface area contributed by atoms with Crippen LogP contribution in [0.25, 0.3) is 0 Å². The first-order chi connectivity index (χ1) is 6.75. The van der Waals surface area contributed by atoms with Gasteiger partial charge in [0.25, 0.3) is 0 Å². The van der Waals surface area contributed by atoms with Crippen molar-refractivity contribution in [2.45, 2.75) is 45.1 Å². The summed E-state index contributed by atoms with van der Waals surface area (Å²) in [5, 5.41) is 9.21. The van der Waals surface area contributed by atoms with Crippen molar-refractivity contribution >= 4 is 0 Å². The fourth-order valence-electron chi connectivity index (χ4n) is 2.16. The van der Waals surface area contributed by atoms with E-state index < -0.39 is 0 Å². The van der Waals surface area contributed by atoms with Gasteiger partial charge in [0, 0.05) is 0 Å². The van der Waals surface area contributed by atoms with E-state index in [1.807, 2.05) is 6.92 Å². The maximum atomic E-state index is 9.21. The molecule has 0 aliphatic heterocycles. The van der Waals surface area contributed by atoms with E-state index in [1.54, 1.807) is 0 Å². The van der Waals surface area contributed by atoms with E-state index in [9.17, 15) is 5.11 Å². The van der Waals surface area contributed by atoms with Crippen LogP contribution in [-0.4, -0.2) is 11.2 Å². The van der Waals surface area contributed by atoms with E-state index in [2.05, 4.69) is 18.2 Å². The van der Waals surface area contributed by atoms with Crippen LogP contribution in [-0.2, 0) is 19.3 Å². The molecule has 0 fully saturated rings. The summed E-state index contributed by atoms with van der Waals surface area (Å²) in [7, 11) is 0. The van der Waals surface area contributed by atoms with Gasteiger partial charge < -0.3 is 5.11 Å². The summed E-state index contributed by atoms with van der Waals surface area (Å²) in [6.07, 6.45) is 5.52. The molecule has 1 atom stereocenters. The highest BCUT2D eigenvalue weighted by molar-refractivity contribution is 5.35. The Morgan fingerprint density at radius 3 is 2.86 bits per heavy atom. The molecular weight excluding hydrogens is 172 g/mol. The van der Waals surface area contributed by atoms with Crippen molar-refractivity contribution in [1.82, 2.24) is 0 Å². The van der Waals surface area contributed by atoms with Crippen molar-refractivity contribution < 1.29 is 5.11 Å². The SMILES string of the molecule is C[C@@H](O)CCc1ccc2c(c1)CCC2. The van der Waals surface area contributed by atoms with Crippen molar-refractivity contribution in [2.24, 2.45) is 0 Å². The number of fused-ring (bicyclic) bond motifs is 1. The summed E-state index contributed by atoms with van der Waals surface area (Å²) in [5.74, 6) is 0. The lowest BCUT2D eigenvalue weighted by Gasteiger charge is -2.06. The molecule has 0 bridgehead atoms. The molecule has 0 radical (unpaired) electrons. The van der Waals surface area contributed by atoms with Crippen molar-refractivity contribution in [2.75, 3.05) is 0 Å². The highest BCUT2D eigenvalue weighted by Gasteiger charge is 2.10. The van der Waals surface area contributed by atoms with Crippen LogP contribution < -0.4 is 0 Å². The largest absolute Gasteiger partial charge is 0.393 e. The average Bonchev–Trinajstić information content (AvgIpc) is 2.61. The molecule has 0 spiro atoms. The van der Waals surface area contributed by atoms with Gasteiger partial charge in [-0.25, -0.2) is 0 Å². The molecule has 0 unspecified atom stereocenters. The molecule has 0 saturated heterocycles. The Hall–Kier alpha value is -0.820. The maximum absolute atomic E-state index is 9.21. The Kier molecular flexibility index (Phi) is 2.87. The number of hydrogen-bond acceptors (Lipinski definition) is 1. The minimum atomic E-state index is -0.178. The number of aliphatic hydroxyl groups is 1. The van der Waals surface area contributed by atoms with Gasteiger partial charge in [-0.3, -0.25) is 0 Å². The van der Waals surface area contributed by atoms with Gasteiger partial charge in [-0.2, -0.15) is 0 Å². The lowest BCUT2D eigenvalue weighted by Crippen LogP contribution is -2.01. The normalized spacial score (nSPS) is 16.7. The lowest BCUT2D eigenvalue weighted by atomic mass is 10.0. The first-order valence-electron chi connectivity index (χ1n) is 5.54. The Bertz CT molecular complexity index is 315. The molecule has 14 heavy (non-hydrogen) atoms. The van der Waals surface area contributed by atoms with Crippen molar-refractivity contribution in [3.63, 3.8) is 0 Å². The third-order valence-electron chi connectivity index (χ3n) is 3.01. The summed E-state index contributed by atoms with van der Waals surface area (Å²) in [5.41, 5.74) is 4.45. The van der Waals surface area contributed by atoms with E-state index in [0.717, 1.165) is 12.8 Å². The average molecular weight is 190 g/mol. The summed E-state index contributed by atoms with van der Waals surface area (Å²) in [6, 6.07) is 6.80. The summed E-state index contributed by atoms with van der Waals surface area (Å²) in [6.45, 7) is 1.85. The monoisotopic (exact) mass is 190 g/mol. The van der Waals surface area contributed by atoms with Crippen LogP contribution in [0.15, 0.2) is 18.2 Å². The molecule has 1 aliphatic carbocycles. The highest BCUT2D eigenvalue weighted by Crippen LogP contribution is 2.23. The maximum Gasteiger partial charge on any atom is 0.0515 e. The second kappa shape index (κ2) is 4.14. The van der Waals surface area contributed by atoms with E-state index in [0.29, 0.717) is 0 Å². The molecule has 2 rings (SSSR count). The molecular formula is C13H18O. The number of rotatable bonds is 3. The topological polar surface area (TPSA) is 20.2 Å². The second-order valence-corrected chi connectivity index (χ2v) is 4.34. The van der Waals surface area contributed by atoms with Gasteiger partial charge in [-0.05, 0) is 55.7 Å². The number of aryl methyl sites for hydroxylation is 3. The van der Waals surface area contributed by atoms with Crippen LogP contribution in [0.5, 0.6) is 0 Å². The van der Waals surface area contributed by atoms with Gasteiger partial charge in [0.1, 0.15) is 0 Å². The first kappa shape index (κ1) is 9.72. The Morgan fingerprint density at radius 1 is 1.29 bits per heavy atom. The van der Waals surface area contributed by atoms with Crippen LogP contribution in [0.1, 0.15) is 36.5 Å². The van der Waals surface area contributed by atoms with Crippen molar-refractivity contribution in [1.29, 1.82) is 0 Å². The van der Waals surface area contributed by atoms with Gasteiger partial charge in [0.05, 0.1) is 6.10 Å². The Balaban J connectivity index is 2.05. The van der Waals surface area contributed by atoms with Crippen LogP contribution >= 0.6 is 0 Å².